The highest BCUT2D eigenvalue weighted by molar-refractivity contribution is 5.38. The Labute approximate surface area is 82.0 Å². The maximum atomic E-state index is 12.8. The summed E-state index contributed by atoms with van der Waals surface area (Å²) in [7, 11) is 0. The van der Waals surface area contributed by atoms with E-state index in [4.69, 9.17) is 0 Å². The Kier molecular flexibility index (Phi) is 2.37. The van der Waals surface area contributed by atoms with Gasteiger partial charge in [-0.3, -0.25) is 0 Å². The summed E-state index contributed by atoms with van der Waals surface area (Å²) >= 11 is 0. The molecule has 1 aliphatic carbocycles. The van der Waals surface area contributed by atoms with E-state index >= 15 is 0 Å². The fraction of sp³-hybridized carbons (Fsp3) is 0.500. The molecule has 4 heteroatoms. The number of aliphatic hydroxyl groups excluding tert-OH is 1. The Morgan fingerprint density at radius 1 is 1.50 bits per heavy atom. The van der Waals surface area contributed by atoms with Crippen molar-refractivity contribution in [3.63, 3.8) is 0 Å². The fourth-order valence-corrected chi connectivity index (χ4v) is 1.68. The first-order chi connectivity index (χ1) is 6.74. The van der Waals surface area contributed by atoms with Crippen LogP contribution in [0.2, 0.25) is 0 Å². The van der Waals surface area contributed by atoms with Gasteiger partial charge < -0.3 is 10.4 Å². The Morgan fingerprint density at radius 2 is 2.29 bits per heavy atom. The molecular weight excluding hydrogens is 183 g/mol. The van der Waals surface area contributed by atoms with Crippen molar-refractivity contribution in [1.82, 2.24) is 4.98 Å². The SMILES string of the molecule is OCC1(Nc2cccc(F)n2)CCC1. The van der Waals surface area contributed by atoms with E-state index < -0.39 is 5.95 Å². The number of nitrogens with one attached hydrogen (secondary N) is 1. The van der Waals surface area contributed by atoms with Crippen molar-refractivity contribution >= 4 is 5.82 Å². The van der Waals surface area contributed by atoms with Crippen molar-refractivity contribution in [3.05, 3.63) is 24.1 Å². The second kappa shape index (κ2) is 3.53. The molecule has 0 aliphatic heterocycles. The minimum absolute atomic E-state index is 0.0746. The number of aromatic nitrogens is 1. The normalized spacial score (nSPS) is 18.7. The highest BCUT2D eigenvalue weighted by atomic mass is 19.1. The average molecular weight is 196 g/mol. The summed E-state index contributed by atoms with van der Waals surface area (Å²) in [5, 5.41) is 12.3. The highest BCUT2D eigenvalue weighted by Crippen LogP contribution is 2.34. The number of anilines is 1. The summed E-state index contributed by atoms with van der Waals surface area (Å²) in [4.78, 5) is 3.70. The van der Waals surface area contributed by atoms with Gasteiger partial charge >= 0.3 is 0 Å². The Morgan fingerprint density at radius 3 is 2.79 bits per heavy atom. The zero-order valence-corrected chi connectivity index (χ0v) is 7.83. The molecule has 1 fully saturated rings. The van der Waals surface area contributed by atoms with Gasteiger partial charge in [-0.2, -0.15) is 4.39 Å². The number of aliphatic hydroxyl groups is 1. The zero-order valence-electron chi connectivity index (χ0n) is 7.83. The van der Waals surface area contributed by atoms with Crippen LogP contribution in [0.1, 0.15) is 19.3 Å². The van der Waals surface area contributed by atoms with E-state index in [2.05, 4.69) is 10.3 Å². The van der Waals surface area contributed by atoms with Crippen molar-refractivity contribution in [3.8, 4) is 0 Å². The summed E-state index contributed by atoms with van der Waals surface area (Å²) in [6, 6.07) is 4.62. The average Bonchev–Trinajstić information content (AvgIpc) is 2.11. The van der Waals surface area contributed by atoms with Crippen LogP contribution in [0.5, 0.6) is 0 Å². The van der Waals surface area contributed by atoms with Crippen LogP contribution in [0.4, 0.5) is 10.2 Å². The van der Waals surface area contributed by atoms with Gasteiger partial charge in [0.25, 0.3) is 0 Å². The lowest BCUT2D eigenvalue weighted by atomic mass is 9.77. The predicted molar refractivity (Wildman–Crippen MR) is 51.5 cm³/mol. The molecule has 0 aromatic carbocycles. The van der Waals surface area contributed by atoms with Gasteiger partial charge in [0.05, 0.1) is 12.1 Å². The van der Waals surface area contributed by atoms with Gasteiger partial charge in [0, 0.05) is 0 Å². The van der Waals surface area contributed by atoms with Gasteiger partial charge in [0.15, 0.2) is 0 Å². The Hall–Kier alpha value is -1.16. The minimum Gasteiger partial charge on any atom is -0.394 e. The lowest BCUT2D eigenvalue weighted by Crippen LogP contribution is -2.48. The van der Waals surface area contributed by atoms with E-state index in [1.54, 1.807) is 12.1 Å². The number of pyridine rings is 1. The molecule has 76 valence electrons. The number of rotatable bonds is 3. The summed E-state index contributed by atoms with van der Waals surface area (Å²) < 4.78 is 12.8. The van der Waals surface area contributed by atoms with E-state index in [1.807, 2.05) is 0 Å². The van der Waals surface area contributed by atoms with Crippen molar-refractivity contribution in [2.45, 2.75) is 24.8 Å². The largest absolute Gasteiger partial charge is 0.394 e. The molecular formula is C10H13FN2O. The van der Waals surface area contributed by atoms with Crippen molar-refractivity contribution in [2.24, 2.45) is 0 Å². The third kappa shape index (κ3) is 1.70. The molecule has 0 unspecified atom stereocenters. The molecule has 1 aromatic rings. The molecule has 0 saturated heterocycles. The number of nitrogens with zero attached hydrogens (tertiary/aromatic N) is 1. The van der Waals surface area contributed by atoms with E-state index in [1.165, 1.54) is 6.07 Å². The van der Waals surface area contributed by atoms with E-state index in [-0.39, 0.29) is 12.1 Å². The topological polar surface area (TPSA) is 45.1 Å². The minimum atomic E-state index is -0.498. The summed E-state index contributed by atoms with van der Waals surface area (Å²) in [6.45, 7) is 0.0746. The summed E-state index contributed by atoms with van der Waals surface area (Å²) in [5.74, 6) is 0.00108. The van der Waals surface area contributed by atoms with Gasteiger partial charge in [-0.05, 0) is 31.4 Å². The van der Waals surface area contributed by atoms with Crippen LogP contribution in [0, 0.1) is 5.95 Å². The lowest BCUT2D eigenvalue weighted by molar-refractivity contribution is 0.143. The van der Waals surface area contributed by atoms with E-state index in [9.17, 15) is 9.50 Å². The van der Waals surface area contributed by atoms with Crippen LogP contribution in [-0.2, 0) is 0 Å². The third-order valence-electron chi connectivity index (χ3n) is 2.72. The van der Waals surface area contributed by atoms with Crippen LogP contribution >= 0.6 is 0 Å². The summed E-state index contributed by atoms with van der Waals surface area (Å²) in [5.41, 5.74) is -0.263. The molecule has 1 saturated carbocycles. The molecule has 0 bridgehead atoms. The smallest absolute Gasteiger partial charge is 0.214 e. The molecule has 2 N–H and O–H groups in total. The number of hydrogen-bond donors (Lipinski definition) is 2. The van der Waals surface area contributed by atoms with Gasteiger partial charge in [-0.15, -0.1) is 0 Å². The highest BCUT2D eigenvalue weighted by Gasteiger charge is 2.36. The first-order valence-electron chi connectivity index (χ1n) is 4.76. The predicted octanol–water partition coefficient (Wildman–Crippen LogP) is 1.55. The maximum absolute atomic E-state index is 12.8. The van der Waals surface area contributed by atoms with Crippen LogP contribution < -0.4 is 5.32 Å². The molecule has 0 spiro atoms. The van der Waals surface area contributed by atoms with Crippen LogP contribution in [-0.4, -0.2) is 22.2 Å². The van der Waals surface area contributed by atoms with Crippen LogP contribution in [0.15, 0.2) is 18.2 Å². The fourth-order valence-electron chi connectivity index (χ4n) is 1.68. The maximum Gasteiger partial charge on any atom is 0.214 e. The van der Waals surface area contributed by atoms with Crippen LogP contribution in [0.3, 0.4) is 0 Å². The van der Waals surface area contributed by atoms with Crippen molar-refractivity contribution in [1.29, 1.82) is 0 Å². The molecule has 2 rings (SSSR count). The molecule has 0 radical (unpaired) electrons. The first kappa shape index (κ1) is 9.40. The molecule has 3 nitrogen and oxygen atoms in total. The van der Waals surface area contributed by atoms with Gasteiger partial charge in [0.2, 0.25) is 5.95 Å². The second-order valence-corrected chi connectivity index (χ2v) is 3.76. The molecule has 0 atom stereocenters. The second-order valence-electron chi connectivity index (χ2n) is 3.76. The molecule has 1 aliphatic rings. The van der Waals surface area contributed by atoms with Gasteiger partial charge in [-0.1, -0.05) is 6.07 Å². The first-order valence-corrected chi connectivity index (χ1v) is 4.76. The molecule has 14 heavy (non-hydrogen) atoms. The number of hydrogen-bond acceptors (Lipinski definition) is 3. The molecule has 1 aromatic heterocycles. The van der Waals surface area contributed by atoms with E-state index in [0.29, 0.717) is 5.82 Å². The van der Waals surface area contributed by atoms with Crippen molar-refractivity contribution in [2.75, 3.05) is 11.9 Å². The Bertz CT molecular complexity index is 320. The third-order valence-corrected chi connectivity index (χ3v) is 2.72. The van der Waals surface area contributed by atoms with Gasteiger partial charge in [-0.25, -0.2) is 4.98 Å². The lowest BCUT2D eigenvalue weighted by Gasteiger charge is -2.41. The van der Waals surface area contributed by atoms with Gasteiger partial charge in [0.1, 0.15) is 5.82 Å². The summed E-state index contributed by atoms with van der Waals surface area (Å²) in [6.07, 6.45) is 2.94. The van der Waals surface area contributed by atoms with E-state index in [0.717, 1.165) is 19.3 Å². The number of halogens is 1. The van der Waals surface area contributed by atoms with Crippen molar-refractivity contribution < 1.29 is 9.50 Å². The zero-order chi connectivity index (χ0) is 10.0. The standard InChI is InChI=1S/C10H13FN2O/c11-8-3-1-4-9(12-8)13-10(7-14)5-2-6-10/h1,3-4,14H,2,5-7H2,(H,12,13). The molecule has 1 heterocycles. The van der Waals surface area contributed by atoms with Crippen LogP contribution in [0.25, 0.3) is 0 Å². The monoisotopic (exact) mass is 196 g/mol. The quantitative estimate of drug-likeness (QED) is 0.721. The molecule has 0 amide bonds. The Balaban J connectivity index is 2.09.